The molecule has 0 aromatic heterocycles. The molecule has 6 nitrogen and oxygen atoms in total. The van der Waals surface area contributed by atoms with Crippen molar-refractivity contribution in [1.29, 1.82) is 0 Å². The largest absolute Gasteiger partial charge is 0.482 e. The Hall–Kier alpha value is -1.80. The number of anilines is 1. The van der Waals surface area contributed by atoms with E-state index in [4.69, 9.17) is 27.9 Å². The molecule has 1 heterocycles. The van der Waals surface area contributed by atoms with Gasteiger partial charge in [0.25, 0.3) is 5.91 Å². The van der Waals surface area contributed by atoms with E-state index in [-0.39, 0.29) is 17.5 Å². The normalized spacial score (nSPS) is 17.7. The molecule has 1 N–H and O–H groups in total. The number of carbonyl (C=O) groups is 1. The molecule has 0 aliphatic carbocycles. The van der Waals surface area contributed by atoms with Crippen LogP contribution in [-0.4, -0.2) is 37.8 Å². The van der Waals surface area contributed by atoms with Gasteiger partial charge in [0, 0.05) is 23.3 Å². The highest BCUT2D eigenvalue weighted by molar-refractivity contribution is 7.89. The predicted molar refractivity (Wildman–Crippen MR) is 114 cm³/mol. The minimum atomic E-state index is -3.54. The Morgan fingerprint density at radius 1 is 1.17 bits per heavy atom. The van der Waals surface area contributed by atoms with Crippen LogP contribution in [0.2, 0.25) is 10.0 Å². The molecule has 1 aliphatic heterocycles. The van der Waals surface area contributed by atoms with E-state index in [1.54, 1.807) is 28.6 Å². The van der Waals surface area contributed by atoms with Gasteiger partial charge in [-0.25, -0.2) is 8.42 Å². The topological polar surface area (TPSA) is 75.7 Å². The maximum absolute atomic E-state index is 12.8. The number of amides is 1. The molecular weight excluding hydrogens is 435 g/mol. The minimum absolute atomic E-state index is 0.00929. The average molecular weight is 457 g/mol. The van der Waals surface area contributed by atoms with Gasteiger partial charge < -0.3 is 10.1 Å². The van der Waals surface area contributed by atoms with E-state index >= 15 is 0 Å². The fourth-order valence-electron chi connectivity index (χ4n) is 3.21. The molecule has 1 aliphatic rings. The van der Waals surface area contributed by atoms with E-state index in [2.05, 4.69) is 5.32 Å². The maximum atomic E-state index is 12.8. The highest BCUT2D eigenvalue weighted by Crippen LogP contribution is 2.28. The summed E-state index contributed by atoms with van der Waals surface area (Å²) in [4.78, 5) is 12.3. The van der Waals surface area contributed by atoms with Crippen LogP contribution in [-0.2, 0) is 14.8 Å². The van der Waals surface area contributed by atoms with Crippen molar-refractivity contribution >= 4 is 44.8 Å². The van der Waals surface area contributed by atoms with Crippen LogP contribution in [0.15, 0.2) is 47.4 Å². The van der Waals surface area contributed by atoms with E-state index in [1.165, 1.54) is 18.2 Å². The predicted octanol–water partition coefficient (Wildman–Crippen LogP) is 4.57. The van der Waals surface area contributed by atoms with Gasteiger partial charge in [-0.15, -0.1) is 0 Å². The quantitative estimate of drug-likeness (QED) is 0.690. The number of nitrogens with one attached hydrogen (secondary N) is 1. The summed E-state index contributed by atoms with van der Waals surface area (Å²) >= 11 is 11.8. The second-order valence-electron chi connectivity index (χ2n) is 6.90. The standard InChI is InChI=1S/C20H22Cl2N2O4S/c1-14-4-2-3-11-24(14)29(26,27)17-8-6-16(7-9-17)23-20(25)13-28-19-10-5-15(21)12-18(19)22/h5-10,12,14H,2-4,11,13H2,1H3,(H,23,25). The number of nitrogens with zero attached hydrogens (tertiary/aromatic N) is 1. The van der Waals surface area contributed by atoms with Gasteiger partial charge in [-0.05, 0) is 62.2 Å². The van der Waals surface area contributed by atoms with Crippen LogP contribution < -0.4 is 10.1 Å². The number of carbonyl (C=O) groups excluding carboxylic acids is 1. The number of rotatable bonds is 6. The summed E-state index contributed by atoms with van der Waals surface area (Å²) < 4.78 is 32.6. The Labute approximate surface area is 180 Å². The van der Waals surface area contributed by atoms with E-state index in [0.29, 0.717) is 28.0 Å². The molecule has 0 bridgehead atoms. The SMILES string of the molecule is CC1CCCCN1S(=O)(=O)c1ccc(NC(=O)COc2ccc(Cl)cc2Cl)cc1. The third-order valence-corrected chi connectivity index (χ3v) is 7.30. The van der Waals surface area contributed by atoms with Gasteiger partial charge in [0.1, 0.15) is 5.75 Å². The van der Waals surface area contributed by atoms with Gasteiger partial charge in [0.15, 0.2) is 6.61 Å². The summed E-state index contributed by atoms with van der Waals surface area (Å²) in [6, 6.07) is 10.8. The number of sulfonamides is 1. The molecule has 2 aromatic rings. The van der Waals surface area contributed by atoms with Crippen molar-refractivity contribution in [2.45, 2.75) is 37.1 Å². The van der Waals surface area contributed by atoms with E-state index in [0.717, 1.165) is 19.3 Å². The molecule has 0 saturated carbocycles. The van der Waals surface area contributed by atoms with Gasteiger partial charge in [0.05, 0.1) is 9.92 Å². The van der Waals surface area contributed by atoms with Crippen LogP contribution >= 0.6 is 23.2 Å². The third kappa shape index (κ3) is 5.42. The van der Waals surface area contributed by atoms with Crippen molar-refractivity contribution in [2.24, 2.45) is 0 Å². The second-order valence-corrected chi connectivity index (χ2v) is 9.63. The molecule has 3 rings (SSSR count). The van der Waals surface area contributed by atoms with Crippen LogP contribution in [0.5, 0.6) is 5.75 Å². The van der Waals surface area contributed by atoms with Crippen molar-refractivity contribution < 1.29 is 17.9 Å². The molecule has 0 spiro atoms. The number of hydrogen-bond acceptors (Lipinski definition) is 4. The molecule has 1 atom stereocenters. The van der Waals surface area contributed by atoms with Gasteiger partial charge >= 0.3 is 0 Å². The lowest BCUT2D eigenvalue weighted by molar-refractivity contribution is -0.118. The summed E-state index contributed by atoms with van der Waals surface area (Å²) in [5, 5.41) is 3.45. The summed E-state index contributed by atoms with van der Waals surface area (Å²) in [6.07, 6.45) is 2.78. The molecule has 2 aromatic carbocycles. The van der Waals surface area contributed by atoms with Crippen molar-refractivity contribution in [3.05, 3.63) is 52.5 Å². The zero-order valence-corrected chi connectivity index (χ0v) is 18.2. The maximum Gasteiger partial charge on any atom is 0.262 e. The van der Waals surface area contributed by atoms with Crippen LogP contribution in [0.1, 0.15) is 26.2 Å². The first kappa shape index (κ1) is 21.9. The van der Waals surface area contributed by atoms with Crippen LogP contribution in [0.3, 0.4) is 0 Å². The Kier molecular flexibility index (Phi) is 7.05. The fraction of sp³-hybridized carbons (Fsp3) is 0.350. The minimum Gasteiger partial charge on any atom is -0.482 e. The van der Waals surface area contributed by atoms with Crippen LogP contribution in [0.25, 0.3) is 0 Å². The molecule has 1 fully saturated rings. The molecule has 1 unspecified atom stereocenters. The second kappa shape index (κ2) is 9.34. The van der Waals surface area contributed by atoms with Crippen molar-refractivity contribution in [3.63, 3.8) is 0 Å². The molecule has 9 heteroatoms. The smallest absolute Gasteiger partial charge is 0.262 e. The molecular formula is C20H22Cl2N2O4S. The van der Waals surface area contributed by atoms with Crippen LogP contribution in [0, 0.1) is 0 Å². The van der Waals surface area contributed by atoms with Gasteiger partial charge in [-0.2, -0.15) is 4.31 Å². The highest BCUT2D eigenvalue weighted by atomic mass is 35.5. The van der Waals surface area contributed by atoms with Crippen LogP contribution in [0.4, 0.5) is 5.69 Å². The molecule has 29 heavy (non-hydrogen) atoms. The number of halogens is 2. The Morgan fingerprint density at radius 2 is 1.90 bits per heavy atom. The van der Waals surface area contributed by atoms with Gasteiger partial charge in [-0.1, -0.05) is 29.6 Å². The van der Waals surface area contributed by atoms with Gasteiger partial charge in [0.2, 0.25) is 10.0 Å². The Bertz CT molecular complexity index is 980. The summed E-state index contributed by atoms with van der Waals surface area (Å²) in [5.74, 6) is -0.0421. The average Bonchev–Trinajstić information content (AvgIpc) is 2.68. The summed E-state index contributed by atoms with van der Waals surface area (Å²) in [6.45, 7) is 2.22. The zero-order chi connectivity index (χ0) is 21.0. The summed E-state index contributed by atoms with van der Waals surface area (Å²) in [5.41, 5.74) is 0.478. The molecule has 1 saturated heterocycles. The number of ether oxygens (including phenoxy) is 1. The first-order chi connectivity index (χ1) is 13.8. The Morgan fingerprint density at radius 3 is 2.55 bits per heavy atom. The number of piperidine rings is 1. The number of benzene rings is 2. The van der Waals surface area contributed by atoms with E-state index < -0.39 is 15.9 Å². The first-order valence-electron chi connectivity index (χ1n) is 9.27. The first-order valence-corrected chi connectivity index (χ1v) is 11.5. The monoisotopic (exact) mass is 456 g/mol. The highest BCUT2D eigenvalue weighted by Gasteiger charge is 2.30. The number of hydrogen-bond donors (Lipinski definition) is 1. The third-order valence-electron chi connectivity index (χ3n) is 4.74. The molecule has 0 radical (unpaired) electrons. The lowest BCUT2D eigenvalue weighted by Gasteiger charge is -2.32. The van der Waals surface area contributed by atoms with Gasteiger partial charge in [-0.3, -0.25) is 4.79 Å². The lowest BCUT2D eigenvalue weighted by atomic mass is 10.1. The molecule has 156 valence electrons. The zero-order valence-electron chi connectivity index (χ0n) is 15.9. The van der Waals surface area contributed by atoms with E-state index in [1.807, 2.05) is 6.92 Å². The van der Waals surface area contributed by atoms with Crippen molar-refractivity contribution in [3.8, 4) is 5.75 Å². The van der Waals surface area contributed by atoms with E-state index in [9.17, 15) is 13.2 Å². The fourth-order valence-corrected chi connectivity index (χ4v) is 5.37. The summed E-state index contributed by atoms with van der Waals surface area (Å²) in [7, 11) is -3.54. The van der Waals surface area contributed by atoms with Crippen molar-refractivity contribution in [1.82, 2.24) is 4.31 Å². The Balaban J connectivity index is 1.60. The lowest BCUT2D eigenvalue weighted by Crippen LogP contribution is -2.41. The van der Waals surface area contributed by atoms with Crippen molar-refractivity contribution in [2.75, 3.05) is 18.5 Å². The molecule has 1 amide bonds.